The number of hydrogen-bond donors (Lipinski definition) is 0. The van der Waals surface area contributed by atoms with Crippen LogP contribution in [0.25, 0.3) is 72.2 Å². The molecule has 72 heavy (non-hydrogen) atoms. The zero-order valence-electron chi connectivity index (χ0n) is 40.2. The highest BCUT2D eigenvalue weighted by Gasteiger charge is 2.46. The molecule has 2 aliphatic carbocycles. The Morgan fingerprint density at radius 2 is 0.833 bits per heavy atom. The van der Waals surface area contributed by atoms with E-state index in [1.807, 2.05) is 0 Å². The van der Waals surface area contributed by atoms with E-state index in [2.05, 4.69) is 284 Å². The largest absolute Gasteiger partial charge is 0.310 e. The van der Waals surface area contributed by atoms with Crippen LogP contribution >= 0.6 is 0 Å². The van der Waals surface area contributed by atoms with Gasteiger partial charge in [-0.15, -0.1) is 0 Å². The summed E-state index contributed by atoms with van der Waals surface area (Å²) < 4.78 is 2.20. The molecular weight excluding hydrogens is 871 g/mol. The summed E-state index contributed by atoms with van der Waals surface area (Å²) in [6, 6.07) is 96.0. The summed E-state index contributed by atoms with van der Waals surface area (Å²) >= 11 is 0. The van der Waals surface area contributed by atoms with Crippen LogP contribution in [0.1, 0.15) is 47.2 Å². The van der Waals surface area contributed by atoms with Crippen molar-refractivity contribution in [2.75, 3.05) is 4.90 Å². The molecule has 0 amide bonds. The molecule has 10 aromatic carbocycles. The lowest BCUT2D eigenvalue weighted by molar-refractivity contribution is 0.660. The van der Waals surface area contributed by atoms with Gasteiger partial charge in [0.15, 0.2) is 0 Å². The minimum absolute atomic E-state index is 0.192. The summed E-state index contributed by atoms with van der Waals surface area (Å²) in [5, 5.41) is 7.85. The van der Waals surface area contributed by atoms with E-state index in [1.165, 1.54) is 55.6 Å². The van der Waals surface area contributed by atoms with Crippen LogP contribution in [0.2, 0.25) is 0 Å². The third-order valence-corrected chi connectivity index (χ3v) is 15.7. The fraction of sp³-hybridized carbons (Fsp3) is 0.0580. The van der Waals surface area contributed by atoms with Crippen molar-refractivity contribution in [2.24, 2.45) is 0 Å². The third-order valence-electron chi connectivity index (χ3n) is 15.7. The Balaban J connectivity index is 1.07. The number of pyridine rings is 1. The fourth-order valence-electron chi connectivity index (χ4n) is 12.4. The maximum absolute atomic E-state index is 5.59. The fourth-order valence-corrected chi connectivity index (χ4v) is 12.4. The van der Waals surface area contributed by atoms with E-state index in [4.69, 9.17) is 5.10 Å². The number of nitrogens with zero attached hydrogens (tertiary/aromatic N) is 3. The van der Waals surface area contributed by atoms with Gasteiger partial charge in [0.05, 0.1) is 16.6 Å². The van der Waals surface area contributed by atoms with Gasteiger partial charge in [-0.3, -0.25) is 0 Å². The summed E-state index contributed by atoms with van der Waals surface area (Å²) in [6.07, 6.45) is 0. The average molecular weight is 920 g/mol. The Morgan fingerprint density at radius 1 is 0.375 bits per heavy atom. The number of benzene rings is 10. The molecule has 0 saturated heterocycles. The smallest absolute Gasteiger partial charge is 0.101 e. The summed E-state index contributed by atoms with van der Waals surface area (Å²) in [5.74, 6) is 0. The van der Waals surface area contributed by atoms with Crippen LogP contribution in [0.5, 0.6) is 0 Å². The Labute approximate surface area is 420 Å². The Bertz CT molecular complexity index is 4000. The second kappa shape index (κ2) is 16.3. The second-order valence-corrected chi connectivity index (χ2v) is 19.9. The van der Waals surface area contributed by atoms with Crippen molar-refractivity contribution in [1.82, 2.24) is 9.61 Å². The van der Waals surface area contributed by atoms with E-state index in [0.29, 0.717) is 0 Å². The Morgan fingerprint density at radius 3 is 1.46 bits per heavy atom. The quantitative estimate of drug-likeness (QED) is 0.151. The van der Waals surface area contributed by atoms with Crippen molar-refractivity contribution in [3.63, 3.8) is 0 Å². The number of anilines is 3. The highest BCUT2D eigenvalue weighted by Crippen LogP contribution is 2.58. The van der Waals surface area contributed by atoms with Gasteiger partial charge in [0.1, 0.15) is 5.69 Å². The molecule has 0 spiro atoms. The van der Waals surface area contributed by atoms with Gasteiger partial charge >= 0.3 is 0 Å². The molecule has 0 bridgehead atoms. The molecule has 340 valence electrons. The van der Waals surface area contributed by atoms with Gasteiger partial charge in [0.25, 0.3) is 0 Å². The molecule has 0 unspecified atom stereocenters. The van der Waals surface area contributed by atoms with Gasteiger partial charge in [-0.25, -0.2) is 4.52 Å². The van der Waals surface area contributed by atoms with Crippen molar-refractivity contribution < 1.29 is 0 Å². The first-order valence-electron chi connectivity index (χ1n) is 25.0. The van der Waals surface area contributed by atoms with E-state index < -0.39 is 5.41 Å². The van der Waals surface area contributed by atoms with Crippen LogP contribution in [-0.4, -0.2) is 9.61 Å². The Kier molecular flexibility index (Phi) is 9.46. The summed E-state index contributed by atoms with van der Waals surface area (Å²) in [7, 11) is 0. The third kappa shape index (κ3) is 6.20. The Hall–Kier alpha value is -9.05. The van der Waals surface area contributed by atoms with Crippen LogP contribution in [-0.2, 0) is 10.8 Å². The van der Waals surface area contributed by atoms with Crippen molar-refractivity contribution in [1.29, 1.82) is 0 Å². The minimum Gasteiger partial charge on any atom is -0.310 e. The zero-order chi connectivity index (χ0) is 48.0. The number of rotatable bonds is 8. The number of aromatic nitrogens is 2. The maximum Gasteiger partial charge on any atom is 0.101 e. The van der Waals surface area contributed by atoms with Gasteiger partial charge in [-0.2, -0.15) is 5.10 Å². The highest BCUT2D eigenvalue weighted by molar-refractivity contribution is 6.10. The van der Waals surface area contributed by atoms with E-state index >= 15 is 0 Å². The molecule has 3 nitrogen and oxygen atoms in total. The lowest BCUT2D eigenvalue weighted by Gasteiger charge is -2.35. The highest BCUT2D eigenvalue weighted by atomic mass is 15.2. The molecule has 0 atom stereocenters. The predicted molar refractivity (Wildman–Crippen MR) is 299 cm³/mol. The average Bonchev–Trinajstić information content (AvgIpc) is 4.07. The van der Waals surface area contributed by atoms with E-state index in [0.717, 1.165) is 67.0 Å². The van der Waals surface area contributed by atoms with Crippen molar-refractivity contribution in [3.8, 4) is 55.9 Å². The molecule has 0 N–H and O–H groups in total. The molecule has 0 fully saturated rings. The summed E-state index contributed by atoms with van der Waals surface area (Å²) in [4.78, 5) is 2.50. The molecule has 3 heteroatoms. The first-order valence-corrected chi connectivity index (χ1v) is 25.0. The van der Waals surface area contributed by atoms with Crippen molar-refractivity contribution in [3.05, 3.63) is 294 Å². The van der Waals surface area contributed by atoms with Crippen LogP contribution < -0.4 is 4.90 Å². The van der Waals surface area contributed by atoms with E-state index in [-0.39, 0.29) is 5.41 Å². The van der Waals surface area contributed by atoms with Gasteiger partial charge in [-0.05, 0) is 109 Å². The minimum atomic E-state index is -0.558. The standard InChI is InChI=1S/C69H49N3/c1-68(2)60-34-20-18-32-55(60)57-40-38-53(44-62(57)68)71(54-39-41-58-56-33-19-21-35-61(56)69(63(58)45-54,50-28-14-6-15-29-50)51-30-16-7-17-31-51)52-37-36-49-42-64(46-22-8-3-9-23-46)72-67(59(49)43-52)65(47-24-10-4-11-25-47)66(70-72)48-26-12-5-13-27-48/h3-45H,1-2H3. The predicted octanol–water partition coefficient (Wildman–Crippen LogP) is 17.6. The van der Waals surface area contributed by atoms with E-state index in [1.54, 1.807) is 0 Å². The van der Waals surface area contributed by atoms with Crippen molar-refractivity contribution >= 4 is 33.4 Å². The maximum atomic E-state index is 5.59. The van der Waals surface area contributed by atoms with Crippen LogP contribution in [0, 0.1) is 0 Å². The first kappa shape index (κ1) is 41.9. The second-order valence-electron chi connectivity index (χ2n) is 19.9. The first-order chi connectivity index (χ1) is 35.5. The molecular formula is C69H49N3. The molecule has 0 radical (unpaired) electrons. The van der Waals surface area contributed by atoms with Crippen molar-refractivity contribution in [2.45, 2.75) is 24.7 Å². The van der Waals surface area contributed by atoms with E-state index in [9.17, 15) is 0 Å². The van der Waals surface area contributed by atoms with Gasteiger partial charge < -0.3 is 4.90 Å². The van der Waals surface area contributed by atoms with Gasteiger partial charge in [-0.1, -0.05) is 232 Å². The lowest BCUT2D eigenvalue weighted by atomic mass is 9.67. The molecule has 0 aliphatic heterocycles. The van der Waals surface area contributed by atoms with Crippen LogP contribution in [0.4, 0.5) is 17.1 Å². The van der Waals surface area contributed by atoms with Gasteiger partial charge in [0, 0.05) is 44.6 Å². The SMILES string of the molecule is CC1(C)c2ccccc2-c2ccc(N(c3ccc4c(c3)C(c3ccccc3)(c3ccccc3)c3ccccc3-4)c3ccc4cc(-c5ccccc5)n5nc(-c6ccccc6)c(-c6ccccc6)c5c4c3)cc21. The van der Waals surface area contributed by atoms with Crippen LogP contribution in [0.3, 0.4) is 0 Å². The lowest BCUT2D eigenvalue weighted by Crippen LogP contribution is -2.28. The molecule has 2 heterocycles. The summed E-state index contributed by atoms with van der Waals surface area (Å²) in [5.41, 5.74) is 22.8. The molecule has 14 rings (SSSR count). The number of hydrogen-bond acceptors (Lipinski definition) is 2. The number of fused-ring (bicyclic) bond motifs is 9. The monoisotopic (exact) mass is 919 g/mol. The molecule has 0 saturated carbocycles. The molecule has 2 aliphatic rings. The molecule has 2 aromatic heterocycles. The topological polar surface area (TPSA) is 20.5 Å². The van der Waals surface area contributed by atoms with Gasteiger partial charge in [0.2, 0.25) is 0 Å². The normalized spacial score (nSPS) is 13.6. The van der Waals surface area contributed by atoms with Crippen LogP contribution in [0.15, 0.2) is 261 Å². The molecule has 12 aromatic rings. The summed E-state index contributed by atoms with van der Waals surface area (Å²) in [6.45, 7) is 4.75. The zero-order valence-corrected chi connectivity index (χ0v) is 40.2.